The molecule has 0 aromatic heterocycles. The first-order valence-electron chi connectivity index (χ1n) is 9.86. The second kappa shape index (κ2) is 11.2. The van der Waals surface area contributed by atoms with E-state index in [9.17, 15) is 4.79 Å². The van der Waals surface area contributed by atoms with Crippen LogP contribution in [0.5, 0.6) is 0 Å². The quantitative estimate of drug-likeness (QED) is 0.532. The van der Waals surface area contributed by atoms with Crippen molar-refractivity contribution >= 4 is 11.9 Å². The molecule has 6 nitrogen and oxygen atoms in total. The Balaban J connectivity index is 1.84. The SMILES string of the molecule is CN=C(NCCc1cccc(C(=O)N(C)C)c1)NCc1cccc(CN(C)C)c1. The molecule has 0 saturated heterocycles. The number of amides is 1. The number of rotatable bonds is 8. The minimum absolute atomic E-state index is 0.0220. The molecule has 2 rings (SSSR count). The molecule has 1 amide bonds. The van der Waals surface area contributed by atoms with E-state index in [2.05, 4.69) is 58.9 Å². The second-order valence-electron chi connectivity index (χ2n) is 7.56. The molecule has 0 aliphatic carbocycles. The average molecular weight is 396 g/mol. The van der Waals surface area contributed by atoms with Crippen LogP contribution in [0.3, 0.4) is 0 Å². The number of hydrogen-bond donors (Lipinski definition) is 2. The molecule has 0 aliphatic heterocycles. The van der Waals surface area contributed by atoms with Gasteiger partial charge in [0.25, 0.3) is 5.91 Å². The molecule has 0 heterocycles. The van der Waals surface area contributed by atoms with Crippen LogP contribution in [0.1, 0.15) is 27.0 Å². The zero-order valence-electron chi connectivity index (χ0n) is 18.2. The predicted molar refractivity (Wildman–Crippen MR) is 120 cm³/mol. The van der Waals surface area contributed by atoms with Crippen molar-refractivity contribution in [2.45, 2.75) is 19.5 Å². The van der Waals surface area contributed by atoms with Crippen LogP contribution in [-0.4, -0.2) is 63.4 Å². The molecule has 0 radical (unpaired) electrons. The molecule has 2 aromatic rings. The van der Waals surface area contributed by atoms with Crippen LogP contribution in [0.15, 0.2) is 53.5 Å². The lowest BCUT2D eigenvalue weighted by atomic mass is 10.1. The molecule has 0 fully saturated rings. The van der Waals surface area contributed by atoms with Gasteiger partial charge < -0.3 is 20.4 Å². The lowest BCUT2D eigenvalue weighted by Crippen LogP contribution is -2.37. The molecule has 0 unspecified atom stereocenters. The standard InChI is InChI=1S/C23H33N5O/c1-24-23(26-16-19-9-6-10-20(14-19)17-27(2)3)25-13-12-18-8-7-11-21(15-18)22(29)28(4)5/h6-11,14-15H,12-13,16-17H2,1-5H3,(H2,24,25,26). The lowest BCUT2D eigenvalue weighted by molar-refractivity contribution is 0.0827. The largest absolute Gasteiger partial charge is 0.356 e. The van der Waals surface area contributed by atoms with Crippen molar-refractivity contribution in [3.05, 3.63) is 70.8 Å². The van der Waals surface area contributed by atoms with Gasteiger partial charge in [-0.3, -0.25) is 9.79 Å². The van der Waals surface area contributed by atoms with E-state index in [4.69, 9.17) is 0 Å². The summed E-state index contributed by atoms with van der Waals surface area (Å²) in [5.74, 6) is 0.789. The first kappa shape index (κ1) is 22.4. The van der Waals surface area contributed by atoms with Crippen LogP contribution in [0.25, 0.3) is 0 Å². The maximum atomic E-state index is 12.1. The number of nitrogens with one attached hydrogen (secondary N) is 2. The number of carbonyl (C=O) groups excluding carboxylic acids is 1. The molecule has 0 atom stereocenters. The molecule has 6 heteroatoms. The van der Waals surface area contributed by atoms with Crippen molar-refractivity contribution in [1.29, 1.82) is 0 Å². The van der Waals surface area contributed by atoms with Gasteiger partial charge in [-0.25, -0.2) is 0 Å². The first-order chi connectivity index (χ1) is 13.9. The van der Waals surface area contributed by atoms with E-state index >= 15 is 0 Å². The van der Waals surface area contributed by atoms with Crippen molar-refractivity contribution < 1.29 is 4.79 Å². The monoisotopic (exact) mass is 395 g/mol. The van der Waals surface area contributed by atoms with Gasteiger partial charge in [0.15, 0.2) is 5.96 Å². The van der Waals surface area contributed by atoms with Crippen LogP contribution < -0.4 is 10.6 Å². The molecule has 0 saturated carbocycles. The third kappa shape index (κ3) is 7.58. The fourth-order valence-corrected chi connectivity index (χ4v) is 3.05. The summed E-state index contributed by atoms with van der Waals surface area (Å²) in [6.07, 6.45) is 0.813. The number of benzene rings is 2. The van der Waals surface area contributed by atoms with Gasteiger partial charge in [-0.1, -0.05) is 36.4 Å². The second-order valence-corrected chi connectivity index (χ2v) is 7.56. The van der Waals surface area contributed by atoms with Crippen molar-refractivity contribution in [3.8, 4) is 0 Å². The zero-order chi connectivity index (χ0) is 21.2. The van der Waals surface area contributed by atoms with Crippen molar-refractivity contribution in [1.82, 2.24) is 20.4 Å². The minimum Gasteiger partial charge on any atom is -0.356 e. The minimum atomic E-state index is 0.0220. The summed E-state index contributed by atoms with van der Waals surface area (Å²) < 4.78 is 0. The molecule has 0 aliphatic rings. The molecule has 0 bridgehead atoms. The Hall–Kier alpha value is -2.86. The van der Waals surface area contributed by atoms with E-state index in [1.165, 1.54) is 11.1 Å². The van der Waals surface area contributed by atoms with E-state index in [0.29, 0.717) is 12.1 Å². The molecule has 2 N–H and O–H groups in total. The van der Waals surface area contributed by atoms with Gasteiger partial charge in [-0.2, -0.15) is 0 Å². The van der Waals surface area contributed by atoms with Gasteiger partial charge in [0, 0.05) is 46.3 Å². The Morgan fingerprint density at radius 1 is 0.931 bits per heavy atom. The van der Waals surface area contributed by atoms with E-state index < -0.39 is 0 Å². The normalized spacial score (nSPS) is 11.4. The van der Waals surface area contributed by atoms with Crippen molar-refractivity contribution in [3.63, 3.8) is 0 Å². The maximum absolute atomic E-state index is 12.1. The highest BCUT2D eigenvalue weighted by molar-refractivity contribution is 5.94. The van der Waals surface area contributed by atoms with Crippen LogP contribution in [0.2, 0.25) is 0 Å². The summed E-state index contributed by atoms with van der Waals surface area (Å²) in [4.78, 5) is 20.2. The van der Waals surface area contributed by atoms with E-state index in [1.54, 1.807) is 26.0 Å². The van der Waals surface area contributed by atoms with Gasteiger partial charge in [0.05, 0.1) is 0 Å². The van der Waals surface area contributed by atoms with Crippen LogP contribution in [0, 0.1) is 0 Å². The fraction of sp³-hybridized carbons (Fsp3) is 0.391. The van der Waals surface area contributed by atoms with Crippen LogP contribution in [0.4, 0.5) is 0 Å². The lowest BCUT2D eigenvalue weighted by Gasteiger charge is -2.14. The highest BCUT2D eigenvalue weighted by Gasteiger charge is 2.08. The van der Waals surface area contributed by atoms with Crippen molar-refractivity contribution in [2.24, 2.45) is 4.99 Å². The molecular weight excluding hydrogens is 362 g/mol. The Labute approximate surface area is 174 Å². The average Bonchev–Trinajstić information content (AvgIpc) is 2.70. The van der Waals surface area contributed by atoms with E-state index in [-0.39, 0.29) is 5.91 Å². The number of aliphatic imine (C=N–C) groups is 1. The summed E-state index contributed by atoms with van der Waals surface area (Å²) >= 11 is 0. The Morgan fingerprint density at radius 3 is 2.31 bits per heavy atom. The topological polar surface area (TPSA) is 60.0 Å². The van der Waals surface area contributed by atoms with Gasteiger partial charge in [-0.15, -0.1) is 0 Å². The fourth-order valence-electron chi connectivity index (χ4n) is 3.05. The van der Waals surface area contributed by atoms with Gasteiger partial charge in [0.1, 0.15) is 0 Å². The summed E-state index contributed by atoms with van der Waals surface area (Å²) in [5, 5.41) is 6.70. The highest BCUT2D eigenvalue weighted by atomic mass is 16.2. The van der Waals surface area contributed by atoms with Gasteiger partial charge in [-0.05, 0) is 49.3 Å². The molecule has 29 heavy (non-hydrogen) atoms. The summed E-state index contributed by atoms with van der Waals surface area (Å²) in [6.45, 7) is 2.38. The predicted octanol–water partition coefficient (Wildman–Crippen LogP) is 2.36. The highest BCUT2D eigenvalue weighted by Crippen LogP contribution is 2.08. The third-order valence-electron chi connectivity index (χ3n) is 4.46. The smallest absolute Gasteiger partial charge is 0.253 e. The first-order valence-corrected chi connectivity index (χ1v) is 9.86. The maximum Gasteiger partial charge on any atom is 0.253 e. The third-order valence-corrected chi connectivity index (χ3v) is 4.46. The molecule has 2 aromatic carbocycles. The summed E-state index contributed by atoms with van der Waals surface area (Å²) in [7, 11) is 9.45. The number of hydrogen-bond acceptors (Lipinski definition) is 3. The van der Waals surface area contributed by atoms with Crippen molar-refractivity contribution in [2.75, 3.05) is 41.8 Å². The number of guanidine groups is 1. The molecule has 156 valence electrons. The number of carbonyl (C=O) groups is 1. The Morgan fingerprint density at radius 2 is 1.62 bits per heavy atom. The Bertz CT molecular complexity index is 830. The summed E-state index contributed by atoms with van der Waals surface area (Å²) in [5.41, 5.74) is 4.36. The van der Waals surface area contributed by atoms with Crippen LogP contribution >= 0.6 is 0 Å². The van der Waals surface area contributed by atoms with Gasteiger partial charge >= 0.3 is 0 Å². The molecule has 0 spiro atoms. The number of nitrogens with zero attached hydrogens (tertiary/aromatic N) is 3. The van der Waals surface area contributed by atoms with Crippen LogP contribution in [-0.2, 0) is 19.5 Å². The Kier molecular flexibility index (Phi) is 8.68. The molecular formula is C23H33N5O. The summed E-state index contributed by atoms with van der Waals surface area (Å²) in [6, 6.07) is 16.3. The van der Waals surface area contributed by atoms with Gasteiger partial charge in [0.2, 0.25) is 0 Å². The van der Waals surface area contributed by atoms with E-state index in [1.807, 2.05) is 24.3 Å². The van der Waals surface area contributed by atoms with E-state index in [0.717, 1.165) is 31.0 Å². The zero-order valence-corrected chi connectivity index (χ0v) is 18.2.